The molecule has 0 aliphatic carbocycles. The quantitative estimate of drug-likeness (QED) is 0.464. The number of carbonyl (C=O) groups excluding carboxylic acids is 1. The third-order valence-electron chi connectivity index (χ3n) is 3.80. The Kier molecular flexibility index (Phi) is 5.63. The number of amides is 1. The lowest BCUT2D eigenvalue weighted by atomic mass is 9.82. The predicted octanol–water partition coefficient (Wildman–Crippen LogP) is -0.586. The number of nitrogens with zero attached hydrogens (tertiary/aromatic N) is 2. The zero-order chi connectivity index (χ0) is 15.0. The van der Waals surface area contributed by atoms with Crippen LogP contribution in [0.15, 0.2) is 24.5 Å². The molecule has 4 nitrogen and oxygen atoms in total. The van der Waals surface area contributed by atoms with Crippen molar-refractivity contribution in [2.24, 2.45) is 7.05 Å². The number of carbonyl (C=O) groups is 1. The van der Waals surface area contributed by atoms with Crippen LogP contribution in [0.3, 0.4) is 0 Å². The van der Waals surface area contributed by atoms with E-state index in [2.05, 4.69) is 31.5 Å². The van der Waals surface area contributed by atoms with Crippen LogP contribution in [0.25, 0.3) is 0 Å². The molecule has 1 aliphatic heterocycles. The van der Waals surface area contributed by atoms with Gasteiger partial charge in [-0.25, -0.2) is 9.36 Å². The first-order valence-corrected chi connectivity index (χ1v) is 7.13. The summed E-state index contributed by atoms with van der Waals surface area (Å²) in [5.41, 5.74) is 0.864. The Balaban J connectivity index is 0.00000220. The minimum Gasteiger partial charge on any atom is -1.00 e. The monoisotopic (exact) mass is 404 g/mol. The highest BCUT2D eigenvalue weighted by atomic mass is 127. The summed E-state index contributed by atoms with van der Waals surface area (Å²) < 4.78 is 7.47. The van der Waals surface area contributed by atoms with Gasteiger partial charge >= 0.3 is 6.09 Å². The van der Waals surface area contributed by atoms with Crippen LogP contribution >= 0.6 is 0 Å². The van der Waals surface area contributed by atoms with E-state index in [0.717, 1.165) is 19.5 Å². The van der Waals surface area contributed by atoms with Crippen LogP contribution in [0.1, 0.15) is 39.7 Å². The number of ether oxygens (including phenoxy) is 1. The van der Waals surface area contributed by atoms with Gasteiger partial charge in [0.15, 0.2) is 12.4 Å². The maximum Gasteiger partial charge on any atom is 0.410 e. The number of aryl methyl sites for hydroxylation is 1. The molecule has 1 aromatic heterocycles. The van der Waals surface area contributed by atoms with Gasteiger partial charge in [0.1, 0.15) is 12.6 Å². The molecule has 0 bridgehead atoms. The number of hydrogen-bond acceptors (Lipinski definition) is 2. The van der Waals surface area contributed by atoms with E-state index in [-0.39, 0.29) is 35.5 Å². The minimum absolute atomic E-state index is 0. The molecule has 0 saturated carbocycles. The van der Waals surface area contributed by atoms with E-state index in [0.29, 0.717) is 0 Å². The lowest BCUT2D eigenvalue weighted by Crippen LogP contribution is -3.00. The molecule has 2 heterocycles. The summed E-state index contributed by atoms with van der Waals surface area (Å²) >= 11 is 0. The zero-order valence-electron chi connectivity index (χ0n) is 13.5. The van der Waals surface area contributed by atoms with Crippen LogP contribution < -0.4 is 28.5 Å². The SMILES string of the molecule is C[n+]1ccc(C2(C)CCN(C(=O)OC(C)(C)C)C2)cc1.[I-]. The average molecular weight is 404 g/mol. The van der Waals surface area contributed by atoms with Crippen molar-refractivity contribution in [3.05, 3.63) is 30.1 Å². The molecule has 1 unspecified atom stereocenters. The van der Waals surface area contributed by atoms with Crippen LogP contribution in [0.5, 0.6) is 0 Å². The molecule has 0 aromatic carbocycles. The zero-order valence-corrected chi connectivity index (χ0v) is 15.7. The van der Waals surface area contributed by atoms with Crippen molar-refractivity contribution in [1.29, 1.82) is 0 Å². The average Bonchev–Trinajstić information content (AvgIpc) is 2.72. The van der Waals surface area contributed by atoms with Gasteiger partial charge in [-0.2, -0.15) is 0 Å². The van der Waals surface area contributed by atoms with Crippen molar-refractivity contribution in [3.63, 3.8) is 0 Å². The van der Waals surface area contributed by atoms with Gasteiger partial charge in [0.2, 0.25) is 0 Å². The third kappa shape index (κ3) is 4.56. The largest absolute Gasteiger partial charge is 1.00 e. The summed E-state index contributed by atoms with van der Waals surface area (Å²) in [4.78, 5) is 14.0. The Morgan fingerprint density at radius 3 is 2.43 bits per heavy atom. The van der Waals surface area contributed by atoms with Crippen LogP contribution in [-0.2, 0) is 17.2 Å². The van der Waals surface area contributed by atoms with Crippen LogP contribution in [0, 0.1) is 0 Å². The fraction of sp³-hybridized carbons (Fsp3) is 0.625. The van der Waals surface area contributed by atoms with E-state index >= 15 is 0 Å². The maximum atomic E-state index is 12.1. The second kappa shape index (κ2) is 6.50. The fourth-order valence-corrected chi connectivity index (χ4v) is 2.58. The van der Waals surface area contributed by atoms with Gasteiger partial charge in [0.25, 0.3) is 0 Å². The van der Waals surface area contributed by atoms with Gasteiger partial charge in [0, 0.05) is 30.6 Å². The van der Waals surface area contributed by atoms with E-state index in [1.807, 2.05) is 37.3 Å². The highest BCUT2D eigenvalue weighted by molar-refractivity contribution is 5.69. The van der Waals surface area contributed by atoms with Crippen molar-refractivity contribution in [1.82, 2.24) is 4.90 Å². The van der Waals surface area contributed by atoms with E-state index in [1.165, 1.54) is 5.56 Å². The first kappa shape index (κ1) is 18.2. The van der Waals surface area contributed by atoms with Crippen LogP contribution in [0.2, 0.25) is 0 Å². The first-order valence-electron chi connectivity index (χ1n) is 7.13. The second-order valence-electron chi connectivity index (χ2n) is 6.96. The number of likely N-dealkylation sites (tertiary alicyclic amines) is 1. The third-order valence-corrected chi connectivity index (χ3v) is 3.80. The summed E-state index contributed by atoms with van der Waals surface area (Å²) in [5, 5.41) is 0. The van der Waals surface area contributed by atoms with Gasteiger partial charge in [0.05, 0.1) is 0 Å². The smallest absolute Gasteiger partial charge is 0.410 e. The number of aromatic nitrogens is 1. The highest BCUT2D eigenvalue weighted by Crippen LogP contribution is 2.34. The van der Waals surface area contributed by atoms with Gasteiger partial charge < -0.3 is 33.6 Å². The Hall–Kier alpha value is -0.850. The molecule has 0 N–H and O–H groups in total. The molecule has 2 rings (SSSR count). The Labute approximate surface area is 144 Å². The molecule has 1 saturated heterocycles. The molecular formula is C16H25IN2O2. The van der Waals surface area contributed by atoms with Gasteiger partial charge in [-0.05, 0) is 32.8 Å². The molecule has 0 radical (unpaired) electrons. The predicted molar refractivity (Wildman–Crippen MR) is 77.4 cm³/mol. The van der Waals surface area contributed by atoms with Crippen molar-refractivity contribution in [3.8, 4) is 0 Å². The number of hydrogen-bond donors (Lipinski definition) is 0. The van der Waals surface area contributed by atoms with Crippen LogP contribution in [-0.4, -0.2) is 29.7 Å². The second-order valence-corrected chi connectivity index (χ2v) is 6.96. The van der Waals surface area contributed by atoms with Gasteiger partial charge in [-0.1, -0.05) is 6.92 Å². The highest BCUT2D eigenvalue weighted by Gasteiger charge is 2.39. The molecule has 118 valence electrons. The number of halogens is 1. The molecule has 1 fully saturated rings. The van der Waals surface area contributed by atoms with E-state index in [4.69, 9.17) is 4.74 Å². The molecule has 0 spiro atoms. The molecule has 1 aliphatic rings. The number of rotatable bonds is 1. The van der Waals surface area contributed by atoms with E-state index < -0.39 is 5.60 Å². The lowest BCUT2D eigenvalue weighted by molar-refractivity contribution is -0.671. The summed E-state index contributed by atoms with van der Waals surface area (Å²) in [6.45, 7) is 9.39. The standard InChI is InChI=1S/C16H25N2O2.HI/c1-15(2,3)20-14(19)18-11-8-16(4,12-18)13-6-9-17(5)10-7-13;/h6-7,9-10H,8,11-12H2,1-5H3;1H/q+1;/p-1. The number of pyridine rings is 1. The molecule has 1 amide bonds. The molecule has 5 heteroatoms. The molecule has 1 aromatic rings. The Morgan fingerprint density at radius 2 is 1.90 bits per heavy atom. The van der Waals surface area contributed by atoms with Crippen molar-refractivity contribution < 1.29 is 38.1 Å². The molecule has 21 heavy (non-hydrogen) atoms. The molecule has 1 atom stereocenters. The van der Waals surface area contributed by atoms with E-state index in [1.54, 1.807) is 0 Å². The summed E-state index contributed by atoms with van der Waals surface area (Å²) in [6.07, 6.45) is 4.87. The maximum absolute atomic E-state index is 12.1. The van der Waals surface area contributed by atoms with Crippen molar-refractivity contribution in [2.75, 3.05) is 13.1 Å². The summed E-state index contributed by atoms with van der Waals surface area (Å²) in [5.74, 6) is 0. The summed E-state index contributed by atoms with van der Waals surface area (Å²) in [6, 6.07) is 4.27. The molecular weight excluding hydrogens is 379 g/mol. The van der Waals surface area contributed by atoms with Gasteiger partial charge in [-0.15, -0.1) is 0 Å². The Morgan fingerprint density at radius 1 is 1.33 bits per heavy atom. The first-order chi connectivity index (χ1) is 9.20. The summed E-state index contributed by atoms with van der Waals surface area (Å²) in [7, 11) is 2.01. The van der Waals surface area contributed by atoms with E-state index in [9.17, 15) is 4.79 Å². The van der Waals surface area contributed by atoms with Crippen molar-refractivity contribution >= 4 is 6.09 Å². The topological polar surface area (TPSA) is 33.4 Å². The van der Waals surface area contributed by atoms with Crippen molar-refractivity contribution in [2.45, 2.75) is 45.1 Å². The fourth-order valence-electron chi connectivity index (χ4n) is 2.58. The van der Waals surface area contributed by atoms with Gasteiger partial charge in [-0.3, -0.25) is 0 Å². The van der Waals surface area contributed by atoms with Crippen LogP contribution in [0.4, 0.5) is 4.79 Å². The normalized spacial score (nSPS) is 21.9. The minimum atomic E-state index is -0.434. The lowest BCUT2D eigenvalue weighted by Gasteiger charge is -2.27. The Bertz CT molecular complexity index is 496.